The Morgan fingerprint density at radius 2 is 1.84 bits per heavy atom. The number of hydrogen-bond donors (Lipinski definition) is 0. The molecule has 1 aliphatic heterocycles. The third-order valence-corrected chi connectivity index (χ3v) is 4.91. The molecule has 0 unspecified atom stereocenters. The predicted molar refractivity (Wildman–Crippen MR) is 102 cm³/mol. The van der Waals surface area contributed by atoms with Crippen LogP contribution in [0.25, 0.3) is 6.08 Å². The molecule has 2 aromatic rings. The molecule has 0 aromatic heterocycles. The molecule has 1 fully saturated rings. The highest BCUT2D eigenvalue weighted by Gasteiger charge is 2.33. The van der Waals surface area contributed by atoms with E-state index in [4.69, 9.17) is 21.7 Å². The molecule has 128 valence electrons. The summed E-state index contributed by atoms with van der Waals surface area (Å²) in [6.45, 7) is 0. The van der Waals surface area contributed by atoms with E-state index in [2.05, 4.69) is 0 Å². The molecular weight excluding hydrogens is 361 g/mol. The van der Waals surface area contributed by atoms with Crippen LogP contribution in [0, 0.1) is 5.82 Å². The summed E-state index contributed by atoms with van der Waals surface area (Å²) in [6.07, 6.45) is 1.72. The van der Waals surface area contributed by atoms with Crippen LogP contribution in [0.15, 0.2) is 47.4 Å². The van der Waals surface area contributed by atoms with E-state index in [1.54, 1.807) is 32.4 Å². The van der Waals surface area contributed by atoms with Crippen molar-refractivity contribution in [2.24, 2.45) is 0 Å². The van der Waals surface area contributed by atoms with Gasteiger partial charge in [0, 0.05) is 11.6 Å². The van der Waals surface area contributed by atoms with Crippen LogP contribution in [-0.2, 0) is 4.79 Å². The van der Waals surface area contributed by atoms with E-state index < -0.39 is 0 Å². The van der Waals surface area contributed by atoms with Crippen molar-refractivity contribution in [3.05, 3.63) is 58.8 Å². The van der Waals surface area contributed by atoms with Gasteiger partial charge < -0.3 is 9.47 Å². The van der Waals surface area contributed by atoms with Crippen molar-refractivity contribution in [1.29, 1.82) is 0 Å². The van der Waals surface area contributed by atoms with Gasteiger partial charge in [-0.2, -0.15) is 0 Å². The van der Waals surface area contributed by atoms with Gasteiger partial charge in [0.25, 0.3) is 5.91 Å². The lowest BCUT2D eigenvalue weighted by Crippen LogP contribution is -2.27. The van der Waals surface area contributed by atoms with E-state index in [1.165, 1.54) is 40.9 Å². The fourth-order valence-electron chi connectivity index (χ4n) is 2.36. The highest BCUT2D eigenvalue weighted by atomic mass is 32.2. The summed E-state index contributed by atoms with van der Waals surface area (Å²) in [5.74, 6) is 0.631. The lowest BCUT2D eigenvalue weighted by atomic mass is 10.1. The minimum absolute atomic E-state index is 0.250. The standard InChI is InChI=1S/C18H14FNO3S2/c1-22-14-8-3-11(15(10-14)23-2)9-16-17(21)20(18(24)25-16)13-6-4-12(19)5-7-13/h3-10H,1-2H3/b16-9-. The van der Waals surface area contributed by atoms with E-state index in [0.717, 1.165) is 5.56 Å². The number of rotatable bonds is 4. The number of amides is 1. The first kappa shape index (κ1) is 17.4. The topological polar surface area (TPSA) is 38.8 Å². The highest BCUT2D eigenvalue weighted by molar-refractivity contribution is 8.27. The Labute approximate surface area is 154 Å². The van der Waals surface area contributed by atoms with E-state index in [-0.39, 0.29) is 11.7 Å². The number of hydrogen-bond acceptors (Lipinski definition) is 5. The first-order valence-corrected chi connectivity index (χ1v) is 8.51. The van der Waals surface area contributed by atoms with Crippen LogP contribution in [0.5, 0.6) is 11.5 Å². The maximum absolute atomic E-state index is 13.1. The van der Waals surface area contributed by atoms with Crippen LogP contribution < -0.4 is 14.4 Å². The summed E-state index contributed by atoms with van der Waals surface area (Å²) >= 11 is 6.50. The fourth-order valence-corrected chi connectivity index (χ4v) is 3.65. The van der Waals surface area contributed by atoms with Crippen LogP contribution in [0.4, 0.5) is 10.1 Å². The normalized spacial score (nSPS) is 15.8. The number of methoxy groups -OCH3 is 2. The number of thiocarbonyl (C=S) groups is 1. The van der Waals surface area contributed by atoms with Gasteiger partial charge in [0.1, 0.15) is 17.3 Å². The summed E-state index contributed by atoms with van der Waals surface area (Å²) in [5.41, 5.74) is 1.27. The number of carbonyl (C=O) groups is 1. The maximum Gasteiger partial charge on any atom is 0.270 e. The van der Waals surface area contributed by atoms with Crippen molar-refractivity contribution in [3.63, 3.8) is 0 Å². The Morgan fingerprint density at radius 1 is 1.12 bits per heavy atom. The third kappa shape index (κ3) is 3.52. The molecule has 1 saturated heterocycles. The van der Waals surface area contributed by atoms with Crippen LogP contribution in [-0.4, -0.2) is 24.4 Å². The third-order valence-electron chi connectivity index (χ3n) is 3.61. The minimum Gasteiger partial charge on any atom is -0.497 e. The summed E-state index contributed by atoms with van der Waals surface area (Å²) < 4.78 is 24.0. The molecule has 0 bridgehead atoms. The fraction of sp³-hybridized carbons (Fsp3) is 0.111. The molecule has 1 heterocycles. The van der Waals surface area contributed by atoms with Gasteiger partial charge in [0.05, 0.1) is 24.8 Å². The van der Waals surface area contributed by atoms with Gasteiger partial charge in [0.15, 0.2) is 4.32 Å². The average molecular weight is 375 g/mol. The minimum atomic E-state index is -0.368. The van der Waals surface area contributed by atoms with E-state index in [1.807, 2.05) is 6.07 Å². The molecule has 0 atom stereocenters. The first-order chi connectivity index (χ1) is 12.0. The summed E-state index contributed by atoms with van der Waals surface area (Å²) in [6, 6.07) is 11.0. The number of nitrogens with zero attached hydrogens (tertiary/aromatic N) is 1. The van der Waals surface area contributed by atoms with Crippen molar-refractivity contribution in [3.8, 4) is 11.5 Å². The van der Waals surface area contributed by atoms with Crippen molar-refractivity contribution in [1.82, 2.24) is 0 Å². The quantitative estimate of drug-likeness (QED) is 0.590. The molecule has 1 amide bonds. The number of carbonyl (C=O) groups excluding carboxylic acids is 1. The molecule has 0 radical (unpaired) electrons. The molecule has 2 aromatic carbocycles. The number of benzene rings is 2. The largest absolute Gasteiger partial charge is 0.497 e. The monoisotopic (exact) mass is 375 g/mol. The second-order valence-corrected chi connectivity index (χ2v) is 6.78. The SMILES string of the molecule is COc1ccc(/C=C2\SC(=S)N(c3ccc(F)cc3)C2=O)c(OC)c1. The van der Waals surface area contributed by atoms with Gasteiger partial charge in [-0.1, -0.05) is 24.0 Å². The molecule has 0 saturated carbocycles. The van der Waals surface area contributed by atoms with Crippen LogP contribution >= 0.6 is 24.0 Å². The number of thioether (sulfide) groups is 1. The number of halogens is 1. The summed E-state index contributed by atoms with van der Waals surface area (Å²) in [5, 5.41) is 0. The molecule has 0 spiro atoms. The second kappa shape index (κ2) is 7.25. The molecular formula is C18H14FNO3S2. The zero-order chi connectivity index (χ0) is 18.0. The highest BCUT2D eigenvalue weighted by Crippen LogP contribution is 2.37. The van der Waals surface area contributed by atoms with Gasteiger partial charge in [-0.3, -0.25) is 9.69 Å². The average Bonchev–Trinajstić information content (AvgIpc) is 2.90. The smallest absolute Gasteiger partial charge is 0.270 e. The lowest BCUT2D eigenvalue weighted by molar-refractivity contribution is -0.113. The maximum atomic E-state index is 13.1. The predicted octanol–water partition coefficient (Wildman–Crippen LogP) is 4.25. The van der Waals surface area contributed by atoms with Gasteiger partial charge in [-0.25, -0.2) is 4.39 Å². The first-order valence-electron chi connectivity index (χ1n) is 7.29. The Bertz CT molecular complexity index is 865. The lowest BCUT2D eigenvalue weighted by Gasteiger charge is -2.14. The van der Waals surface area contributed by atoms with Crippen molar-refractivity contribution >= 4 is 46.0 Å². The molecule has 25 heavy (non-hydrogen) atoms. The Balaban J connectivity index is 1.94. The zero-order valence-electron chi connectivity index (χ0n) is 13.5. The molecule has 1 aliphatic rings. The van der Waals surface area contributed by atoms with Crippen LogP contribution in [0.3, 0.4) is 0 Å². The van der Waals surface area contributed by atoms with Crippen molar-refractivity contribution in [2.45, 2.75) is 0 Å². The van der Waals surface area contributed by atoms with Gasteiger partial charge in [-0.05, 0) is 42.5 Å². The van der Waals surface area contributed by atoms with Crippen molar-refractivity contribution in [2.75, 3.05) is 19.1 Å². The van der Waals surface area contributed by atoms with Gasteiger partial charge in [0.2, 0.25) is 0 Å². The van der Waals surface area contributed by atoms with E-state index >= 15 is 0 Å². The summed E-state index contributed by atoms with van der Waals surface area (Å²) in [7, 11) is 3.12. The van der Waals surface area contributed by atoms with Crippen molar-refractivity contribution < 1.29 is 18.7 Å². The zero-order valence-corrected chi connectivity index (χ0v) is 15.1. The second-order valence-electron chi connectivity index (χ2n) is 5.10. The van der Waals surface area contributed by atoms with Gasteiger partial charge in [-0.15, -0.1) is 0 Å². The molecule has 4 nitrogen and oxygen atoms in total. The van der Waals surface area contributed by atoms with Gasteiger partial charge >= 0.3 is 0 Å². The van der Waals surface area contributed by atoms with Crippen LogP contribution in [0.2, 0.25) is 0 Å². The molecule has 7 heteroatoms. The van der Waals surface area contributed by atoms with E-state index in [0.29, 0.717) is 26.4 Å². The Kier molecular flexibility index (Phi) is 5.06. The summed E-state index contributed by atoms with van der Waals surface area (Å²) in [4.78, 5) is 14.6. The molecule has 0 N–H and O–H groups in total. The van der Waals surface area contributed by atoms with E-state index in [9.17, 15) is 9.18 Å². The number of anilines is 1. The molecule has 0 aliphatic carbocycles. The Morgan fingerprint density at radius 3 is 2.48 bits per heavy atom. The number of ether oxygens (including phenoxy) is 2. The Hall–Kier alpha value is -2.38. The van der Waals surface area contributed by atoms with Crippen LogP contribution in [0.1, 0.15) is 5.56 Å². The molecule has 3 rings (SSSR count).